The zero-order chi connectivity index (χ0) is 20.2. The highest BCUT2D eigenvalue weighted by Gasteiger charge is 2.59. The van der Waals surface area contributed by atoms with Gasteiger partial charge >= 0.3 is 0 Å². The van der Waals surface area contributed by atoms with Crippen LogP contribution >= 0.6 is 0 Å². The molecule has 0 spiro atoms. The Morgan fingerprint density at radius 1 is 1.10 bits per heavy atom. The second-order valence-corrected chi connectivity index (χ2v) is 11.8. The second-order valence-electron chi connectivity index (χ2n) is 11.8. The normalized spacial score (nSPS) is 49.0. The molecule has 1 saturated heterocycles. The molecule has 3 nitrogen and oxygen atoms in total. The number of allylic oxidation sites excluding steroid dienone is 1. The van der Waals surface area contributed by atoms with Gasteiger partial charge in [0.25, 0.3) is 0 Å². The maximum absolute atomic E-state index is 10.2. The van der Waals surface area contributed by atoms with Crippen molar-refractivity contribution in [1.29, 1.82) is 0 Å². The van der Waals surface area contributed by atoms with E-state index in [1.165, 1.54) is 45.1 Å². The molecule has 8 atom stereocenters. The molecule has 1 aliphatic heterocycles. The molecule has 1 heterocycles. The summed E-state index contributed by atoms with van der Waals surface area (Å²) in [5.74, 6) is 4.36. The fourth-order valence-corrected chi connectivity index (χ4v) is 8.94. The molecule has 1 unspecified atom stereocenters. The predicted molar refractivity (Wildman–Crippen MR) is 118 cm³/mol. The number of nitrogens with zero attached hydrogens (tertiary/aromatic N) is 1. The van der Waals surface area contributed by atoms with Gasteiger partial charge in [-0.15, -0.1) is 0 Å². The Morgan fingerprint density at radius 2 is 1.90 bits per heavy atom. The quantitative estimate of drug-likeness (QED) is 0.683. The van der Waals surface area contributed by atoms with Crippen molar-refractivity contribution < 1.29 is 9.84 Å². The third kappa shape index (κ3) is 3.34. The lowest BCUT2D eigenvalue weighted by atomic mass is 9.47. The number of rotatable bonds is 3. The van der Waals surface area contributed by atoms with Crippen LogP contribution in [0, 0.1) is 40.4 Å². The molecule has 0 aromatic heterocycles. The smallest absolute Gasteiger partial charge is 0.0594 e. The van der Waals surface area contributed by atoms with Gasteiger partial charge in [0.2, 0.25) is 0 Å². The van der Waals surface area contributed by atoms with Crippen molar-refractivity contribution in [3.8, 4) is 0 Å². The van der Waals surface area contributed by atoms with E-state index in [0.29, 0.717) is 10.8 Å². The van der Waals surface area contributed by atoms with Gasteiger partial charge in [-0.3, -0.25) is 4.90 Å². The predicted octanol–water partition coefficient (Wildman–Crippen LogP) is 4.89. The van der Waals surface area contributed by atoms with Crippen LogP contribution in [0.25, 0.3) is 0 Å². The van der Waals surface area contributed by atoms with E-state index in [4.69, 9.17) is 4.74 Å². The van der Waals surface area contributed by atoms with Crippen molar-refractivity contribution in [3.63, 3.8) is 0 Å². The van der Waals surface area contributed by atoms with Crippen LogP contribution in [-0.4, -0.2) is 49.0 Å². The highest BCUT2D eigenvalue weighted by atomic mass is 16.5. The molecule has 0 radical (unpaired) electrons. The minimum absolute atomic E-state index is 0.0865. The largest absolute Gasteiger partial charge is 0.393 e. The molecular formula is C26H43NO2. The molecule has 5 aliphatic rings. The number of morpholine rings is 1. The maximum Gasteiger partial charge on any atom is 0.0594 e. The Labute approximate surface area is 178 Å². The number of hydrogen-bond donors (Lipinski definition) is 1. The summed E-state index contributed by atoms with van der Waals surface area (Å²) in [4.78, 5) is 2.65. The molecule has 4 fully saturated rings. The zero-order valence-electron chi connectivity index (χ0n) is 19.0. The summed E-state index contributed by atoms with van der Waals surface area (Å²) in [6.07, 6.45) is 12.7. The van der Waals surface area contributed by atoms with Gasteiger partial charge < -0.3 is 9.84 Å². The molecule has 3 saturated carbocycles. The fraction of sp³-hybridized carbons (Fsp3) is 0.923. The monoisotopic (exact) mass is 401 g/mol. The van der Waals surface area contributed by atoms with Gasteiger partial charge in [0.1, 0.15) is 0 Å². The Morgan fingerprint density at radius 3 is 2.69 bits per heavy atom. The van der Waals surface area contributed by atoms with E-state index < -0.39 is 0 Å². The number of fused-ring (bicyclic) bond motifs is 5. The summed E-state index contributed by atoms with van der Waals surface area (Å²) in [5.41, 5.74) is 2.53. The fourth-order valence-electron chi connectivity index (χ4n) is 8.94. The van der Waals surface area contributed by atoms with Gasteiger partial charge in [0.05, 0.1) is 19.3 Å². The summed E-state index contributed by atoms with van der Waals surface area (Å²) < 4.78 is 5.57. The van der Waals surface area contributed by atoms with E-state index in [-0.39, 0.29) is 6.10 Å². The highest BCUT2D eigenvalue weighted by molar-refractivity contribution is 5.25. The zero-order valence-corrected chi connectivity index (χ0v) is 19.0. The first-order valence-electron chi connectivity index (χ1n) is 12.6. The molecule has 0 aromatic rings. The standard InChI is InChI=1S/C26H43NO2/c1-18(17-27-12-14-29-15-13-27)22-6-7-23-21-5-4-19-16-20(28)8-10-25(19,2)24(21)9-11-26(22,23)3/h4,18,20-24,28H,5-17H2,1-3H3/t18-,20?,21+,22-,23+,24+,25+,26-/m1/s1. The SMILES string of the molecule is C[C@H](CN1CCOCC1)[C@H]1CC[C@H]2[C@@H]3CC=C4CC(O)CC[C@]4(C)[C@H]3CC[C@]12C. The van der Waals surface area contributed by atoms with Crippen LogP contribution < -0.4 is 0 Å². The van der Waals surface area contributed by atoms with Crippen LogP contribution in [0.4, 0.5) is 0 Å². The van der Waals surface area contributed by atoms with Crippen LogP contribution in [0.5, 0.6) is 0 Å². The maximum atomic E-state index is 10.2. The van der Waals surface area contributed by atoms with Crippen molar-refractivity contribution >= 4 is 0 Å². The molecular weight excluding hydrogens is 358 g/mol. The second kappa shape index (κ2) is 7.64. The van der Waals surface area contributed by atoms with Crippen molar-refractivity contribution in [2.75, 3.05) is 32.8 Å². The van der Waals surface area contributed by atoms with Crippen molar-refractivity contribution in [3.05, 3.63) is 11.6 Å². The van der Waals surface area contributed by atoms with Crippen LogP contribution in [0.1, 0.15) is 72.1 Å². The molecule has 0 bridgehead atoms. The Bertz CT molecular complexity index is 641. The van der Waals surface area contributed by atoms with Crippen LogP contribution in [0.3, 0.4) is 0 Å². The molecule has 1 N–H and O–H groups in total. The Balaban J connectivity index is 1.33. The molecule has 164 valence electrons. The van der Waals surface area contributed by atoms with Gasteiger partial charge in [-0.05, 0) is 91.8 Å². The summed E-state index contributed by atoms with van der Waals surface area (Å²) in [5, 5.41) is 10.2. The number of aliphatic hydroxyl groups excluding tert-OH is 1. The molecule has 5 rings (SSSR count). The van der Waals surface area contributed by atoms with E-state index in [0.717, 1.165) is 68.7 Å². The van der Waals surface area contributed by atoms with Gasteiger partial charge in [-0.2, -0.15) is 0 Å². The Kier molecular flexibility index (Phi) is 5.40. The van der Waals surface area contributed by atoms with Crippen LogP contribution in [0.15, 0.2) is 11.6 Å². The van der Waals surface area contributed by atoms with Crippen LogP contribution in [-0.2, 0) is 4.74 Å². The van der Waals surface area contributed by atoms with Gasteiger partial charge in [0, 0.05) is 19.6 Å². The van der Waals surface area contributed by atoms with Crippen LogP contribution in [0.2, 0.25) is 0 Å². The number of aliphatic hydroxyl groups is 1. The first-order valence-corrected chi connectivity index (χ1v) is 12.6. The van der Waals surface area contributed by atoms with E-state index in [2.05, 4.69) is 31.7 Å². The number of ether oxygens (including phenoxy) is 1. The minimum atomic E-state index is -0.0865. The van der Waals surface area contributed by atoms with Gasteiger partial charge in [-0.1, -0.05) is 32.4 Å². The minimum Gasteiger partial charge on any atom is -0.393 e. The molecule has 0 aromatic carbocycles. The van der Waals surface area contributed by atoms with E-state index in [1.54, 1.807) is 5.57 Å². The third-order valence-corrected chi connectivity index (χ3v) is 10.5. The van der Waals surface area contributed by atoms with Crippen molar-refractivity contribution in [2.24, 2.45) is 40.4 Å². The average Bonchev–Trinajstić information content (AvgIpc) is 3.06. The first-order chi connectivity index (χ1) is 13.9. The number of hydrogen-bond acceptors (Lipinski definition) is 3. The lowest BCUT2D eigenvalue weighted by Crippen LogP contribution is -2.51. The average molecular weight is 402 g/mol. The summed E-state index contributed by atoms with van der Waals surface area (Å²) in [7, 11) is 0. The molecule has 29 heavy (non-hydrogen) atoms. The van der Waals surface area contributed by atoms with E-state index in [1.807, 2.05) is 0 Å². The van der Waals surface area contributed by atoms with Crippen molar-refractivity contribution in [2.45, 2.75) is 78.2 Å². The topological polar surface area (TPSA) is 32.7 Å². The van der Waals surface area contributed by atoms with Gasteiger partial charge in [0.15, 0.2) is 0 Å². The summed E-state index contributed by atoms with van der Waals surface area (Å²) in [6.45, 7) is 13.1. The third-order valence-electron chi connectivity index (χ3n) is 10.5. The first kappa shape index (κ1) is 20.5. The Hall–Kier alpha value is -0.380. The molecule has 0 amide bonds. The van der Waals surface area contributed by atoms with E-state index in [9.17, 15) is 5.11 Å². The van der Waals surface area contributed by atoms with E-state index >= 15 is 0 Å². The summed E-state index contributed by atoms with van der Waals surface area (Å²) >= 11 is 0. The van der Waals surface area contributed by atoms with Gasteiger partial charge in [-0.25, -0.2) is 0 Å². The van der Waals surface area contributed by atoms with Crippen molar-refractivity contribution in [1.82, 2.24) is 4.90 Å². The molecule has 3 heteroatoms. The summed E-state index contributed by atoms with van der Waals surface area (Å²) in [6, 6.07) is 0. The highest BCUT2D eigenvalue weighted by Crippen LogP contribution is 2.67. The lowest BCUT2D eigenvalue weighted by Gasteiger charge is -2.58. The lowest BCUT2D eigenvalue weighted by molar-refractivity contribution is -0.0604. The molecule has 4 aliphatic carbocycles.